The highest BCUT2D eigenvalue weighted by Gasteiger charge is 2.19. The molecule has 4 aromatic rings. The maximum absolute atomic E-state index is 13.1. The third-order valence-corrected chi connectivity index (χ3v) is 6.39. The monoisotopic (exact) mass is 461 g/mol. The number of anilines is 4. The van der Waals surface area contributed by atoms with Gasteiger partial charge in [0.2, 0.25) is 5.91 Å². The van der Waals surface area contributed by atoms with E-state index >= 15 is 0 Å². The fourth-order valence-electron chi connectivity index (χ4n) is 3.20. The number of hydrogen-bond donors (Lipinski definition) is 3. The van der Waals surface area contributed by atoms with E-state index in [2.05, 4.69) is 25.3 Å². The summed E-state index contributed by atoms with van der Waals surface area (Å²) in [5.41, 5.74) is 4.35. The second-order valence-corrected chi connectivity index (χ2v) is 9.33. The first-order valence-electron chi connectivity index (χ1n) is 10.2. The molecular formula is C24H23N5O3S. The molecule has 3 aromatic carbocycles. The molecule has 0 saturated heterocycles. The van der Waals surface area contributed by atoms with Crippen LogP contribution in [0.25, 0.3) is 11.0 Å². The van der Waals surface area contributed by atoms with Gasteiger partial charge in [0.15, 0.2) is 11.6 Å². The second-order valence-electron chi connectivity index (χ2n) is 7.64. The number of amides is 1. The summed E-state index contributed by atoms with van der Waals surface area (Å²) in [6, 6.07) is 19.1. The highest BCUT2D eigenvalue weighted by atomic mass is 32.2. The third-order valence-electron chi connectivity index (χ3n) is 5.06. The summed E-state index contributed by atoms with van der Waals surface area (Å²) in [6.45, 7) is 5.22. The number of hydrogen-bond acceptors (Lipinski definition) is 6. The summed E-state index contributed by atoms with van der Waals surface area (Å²) in [5, 5.41) is 5.83. The number of carbonyl (C=O) groups is 1. The number of rotatable bonds is 6. The van der Waals surface area contributed by atoms with Crippen molar-refractivity contribution in [1.29, 1.82) is 0 Å². The van der Waals surface area contributed by atoms with Crippen molar-refractivity contribution in [2.45, 2.75) is 25.7 Å². The molecule has 0 aliphatic heterocycles. The predicted octanol–water partition coefficient (Wildman–Crippen LogP) is 4.75. The standard InChI is InChI=1S/C24H23N5O3S/c1-15-8-13-20(14-16(15)2)33(31,32)29-24-23(27-21-6-4-5-7-22(21)28-24)26-19-11-9-18(10-12-19)25-17(3)30/h4-14H,1-3H3,(H,25,30)(H,26,27)(H,28,29). The van der Waals surface area contributed by atoms with Crippen molar-refractivity contribution in [2.75, 3.05) is 15.4 Å². The lowest BCUT2D eigenvalue weighted by molar-refractivity contribution is -0.114. The van der Waals surface area contributed by atoms with Gasteiger partial charge >= 0.3 is 0 Å². The van der Waals surface area contributed by atoms with Crippen LogP contribution >= 0.6 is 0 Å². The van der Waals surface area contributed by atoms with Crippen molar-refractivity contribution in [3.05, 3.63) is 77.9 Å². The fraction of sp³-hybridized carbons (Fsp3) is 0.125. The number of aromatic nitrogens is 2. The minimum Gasteiger partial charge on any atom is -0.337 e. The highest BCUT2D eigenvalue weighted by Crippen LogP contribution is 2.28. The van der Waals surface area contributed by atoms with Crippen LogP contribution in [0.1, 0.15) is 18.1 Å². The lowest BCUT2D eigenvalue weighted by Crippen LogP contribution is -2.16. The fourth-order valence-corrected chi connectivity index (χ4v) is 4.30. The molecule has 0 fully saturated rings. The van der Waals surface area contributed by atoms with Crippen LogP contribution in [0, 0.1) is 13.8 Å². The van der Waals surface area contributed by atoms with E-state index in [4.69, 9.17) is 0 Å². The molecule has 4 rings (SSSR count). The molecule has 0 aliphatic rings. The Kier molecular flexibility index (Phi) is 5.97. The Morgan fingerprint density at radius 1 is 0.788 bits per heavy atom. The van der Waals surface area contributed by atoms with E-state index in [0.29, 0.717) is 22.4 Å². The summed E-state index contributed by atoms with van der Waals surface area (Å²) < 4.78 is 28.8. The van der Waals surface area contributed by atoms with Gasteiger partial charge in [-0.1, -0.05) is 18.2 Å². The number of benzene rings is 3. The summed E-state index contributed by atoms with van der Waals surface area (Å²) in [6.07, 6.45) is 0. The van der Waals surface area contributed by atoms with Gasteiger partial charge in [0.1, 0.15) is 0 Å². The van der Waals surface area contributed by atoms with Crippen molar-refractivity contribution in [3.8, 4) is 0 Å². The van der Waals surface area contributed by atoms with E-state index < -0.39 is 10.0 Å². The molecular weight excluding hydrogens is 438 g/mol. The van der Waals surface area contributed by atoms with Crippen LogP contribution in [-0.2, 0) is 14.8 Å². The Morgan fingerprint density at radius 2 is 1.39 bits per heavy atom. The van der Waals surface area contributed by atoms with Crippen LogP contribution in [0.15, 0.2) is 71.6 Å². The first-order chi connectivity index (χ1) is 15.7. The Hall–Kier alpha value is -3.98. The van der Waals surface area contributed by atoms with Gasteiger partial charge in [0.25, 0.3) is 10.0 Å². The number of fused-ring (bicyclic) bond motifs is 1. The molecule has 1 aromatic heterocycles. The third kappa shape index (κ3) is 5.09. The molecule has 8 nitrogen and oxygen atoms in total. The van der Waals surface area contributed by atoms with Gasteiger partial charge in [-0.3, -0.25) is 9.52 Å². The zero-order valence-corrected chi connectivity index (χ0v) is 19.2. The van der Waals surface area contributed by atoms with E-state index in [1.807, 2.05) is 26.0 Å². The van der Waals surface area contributed by atoms with E-state index in [9.17, 15) is 13.2 Å². The summed E-state index contributed by atoms with van der Waals surface area (Å²) in [7, 11) is -3.90. The van der Waals surface area contributed by atoms with Crippen LogP contribution in [0.3, 0.4) is 0 Å². The number of para-hydroxylation sites is 2. The van der Waals surface area contributed by atoms with Crippen LogP contribution in [0.2, 0.25) is 0 Å². The maximum atomic E-state index is 13.1. The van der Waals surface area contributed by atoms with Gasteiger partial charge in [0, 0.05) is 18.3 Å². The first-order valence-corrected chi connectivity index (χ1v) is 11.7. The Morgan fingerprint density at radius 3 is 2.00 bits per heavy atom. The molecule has 1 heterocycles. The topological polar surface area (TPSA) is 113 Å². The highest BCUT2D eigenvalue weighted by molar-refractivity contribution is 7.92. The lowest BCUT2D eigenvalue weighted by Gasteiger charge is -2.14. The largest absolute Gasteiger partial charge is 0.337 e. The Balaban J connectivity index is 1.71. The van der Waals surface area contributed by atoms with Gasteiger partial charge in [0.05, 0.1) is 15.9 Å². The molecule has 3 N–H and O–H groups in total. The van der Waals surface area contributed by atoms with Gasteiger partial charge in [-0.15, -0.1) is 0 Å². The van der Waals surface area contributed by atoms with Gasteiger partial charge in [-0.2, -0.15) is 0 Å². The zero-order chi connectivity index (χ0) is 23.6. The predicted molar refractivity (Wildman–Crippen MR) is 130 cm³/mol. The normalized spacial score (nSPS) is 11.2. The van der Waals surface area contributed by atoms with Crippen molar-refractivity contribution in [2.24, 2.45) is 0 Å². The van der Waals surface area contributed by atoms with Crippen LogP contribution in [0.5, 0.6) is 0 Å². The number of carbonyl (C=O) groups excluding carboxylic acids is 1. The van der Waals surface area contributed by atoms with Crippen molar-refractivity contribution < 1.29 is 13.2 Å². The van der Waals surface area contributed by atoms with E-state index in [0.717, 1.165) is 11.1 Å². The minimum atomic E-state index is -3.90. The van der Waals surface area contributed by atoms with Crippen molar-refractivity contribution in [1.82, 2.24) is 9.97 Å². The molecule has 9 heteroatoms. The number of aryl methyl sites for hydroxylation is 2. The number of sulfonamides is 1. The molecule has 33 heavy (non-hydrogen) atoms. The van der Waals surface area contributed by atoms with Crippen molar-refractivity contribution >= 4 is 50.0 Å². The smallest absolute Gasteiger partial charge is 0.263 e. The van der Waals surface area contributed by atoms with Gasteiger partial charge < -0.3 is 10.6 Å². The zero-order valence-electron chi connectivity index (χ0n) is 18.4. The lowest BCUT2D eigenvalue weighted by atomic mass is 10.1. The van der Waals surface area contributed by atoms with Crippen LogP contribution in [0.4, 0.5) is 23.0 Å². The average molecular weight is 462 g/mol. The summed E-state index contributed by atoms with van der Waals surface area (Å²) in [4.78, 5) is 20.5. The van der Waals surface area contributed by atoms with Crippen molar-refractivity contribution in [3.63, 3.8) is 0 Å². The molecule has 0 bridgehead atoms. The molecule has 0 spiro atoms. The quantitative estimate of drug-likeness (QED) is 0.382. The molecule has 0 aliphatic carbocycles. The van der Waals surface area contributed by atoms with Gasteiger partial charge in [-0.05, 0) is 73.5 Å². The molecule has 0 unspecified atom stereocenters. The molecule has 0 saturated carbocycles. The molecule has 0 atom stereocenters. The Labute approximate surface area is 192 Å². The van der Waals surface area contributed by atoms with Crippen LogP contribution < -0.4 is 15.4 Å². The maximum Gasteiger partial charge on any atom is 0.263 e. The minimum absolute atomic E-state index is 0.0814. The Bertz CT molecular complexity index is 1450. The number of nitrogens with zero attached hydrogens (tertiary/aromatic N) is 2. The molecule has 0 radical (unpaired) electrons. The summed E-state index contributed by atoms with van der Waals surface area (Å²) >= 11 is 0. The van der Waals surface area contributed by atoms with E-state index in [1.165, 1.54) is 6.92 Å². The summed E-state index contributed by atoms with van der Waals surface area (Å²) in [5.74, 6) is 0.172. The SMILES string of the molecule is CC(=O)Nc1ccc(Nc2nc3ccccc3nc2NS(=O)(=O)c2ccc(C)c(C)c2)cc1. The van der Waals surface area contributed by atoms with Crippen LogP contribution in [-0.4, -0.2) is 24.3 Å². The first kappa shape index (κ1) is 22.2. The molecule has 1 amide bonds. The second kappa shape index (κ2) is 8.87. The number of nitrogens with one attached hydrogen (secondary N) is 3. The van der Waals surface area contributed by atoms with E-state index in [1.54, 1.807) is 54.6 Å². The van der Waals surface area contributed by atoms with Gasteiger partial charge in [-0.25, -0.2) is 18.4 Å². The average Bonchev–Trinajstić information content (AvgIpc) is 2.76. The molecule has 168 valence electrons. The van der Waals surface area contributed by atoms with E-state index in [-0.39, 0.29) is 22.4 Å².